The summed E-state index contributed by atoms with van der Waals surface area (Å²) in [7, 11) is 1.80. The van der Waals surface area contributed by atoms with Crippen molar-refractivity contribution >= 4 is 11.6 Å². The van der Waals surface area contributed by atoms with Crippen LogP contribution in [0.15, 0.2) is 54.7 Å². The third kappa shape index (κ3) is 5.19. The van der Waals surface area contributed by atoms with Gasteiger partial charge in [0.1, 0.15) is 11.9 Å². The van der Waals surface area contributed by atoms with Crippen molar-refractivity contribution in [3.8, 4) is 17.0 Å². The Morgan fingerprint density at radius 3 is 2.73 bits per heavy atom. The van der Waals surface area contributed by atoms with Gasteiger partial charge < -0.3 is 15.4 Å². The van der Waals surface area contributed by atoms with E-state index >= 15 is 0 Å². The molecule has 2 unspecified atom stereocenters. The highest BCUT2D eigenvalue weighted by Gasteiger charge is 2.31. The number of amides is 1. The zero-order valence-electron chi connectivity index (χ0n) is 18.3. The number of ether oxygens (including phenoxy) is 1. The fourth-order valence-corrected chi connectivity index (χ4v) is 3.98. The summed E-state index contributed by atoms with van der Waals surface area (Å²) in [5, 5.41) is 10.3. The Balaban J connectivity index is 1.60. The van der Waals surface area contributed by atoms with E-state index < -0.39 is 17.6 Å². The maximum Gasteiger partial charge on any atom is 0.416 e. The summed E-state index contributed by atoms with van der Waals surface area (Å²) < 4.78 is 47.0. The standard InChI is InChI=1S/C24H25F3N4O2/c1-15(20-7-4-11-28-20)33-22-9-8-18(14-19(22)21-10-12-29-31(21)2)30-23(32)16-5-3-6-17(13-16)24(25,26)27/h3,5-6,8-10,12-15,20,28H,4,7,11H2,1-2H3,(H,30,32). The molecule has 0 radical (unpaired) electrons. The summed E-state index contributed by atoms with van der Waals surface area (Å²) in [6.07, 6.45) is -0.784. The van der Waals surface area contributed by atoms with E-state index in [0.29, 0.717) is 11.4 Å². The number of carbonyl (C=O) groups excluding carboxylic acids is 1. The minimum Gasteiger partial charge on any atom is -0.488 e. The fourth-order valence-electron chi connectivity index (χ4n) is 3.98. The van der Waals surface area contributed by atoms with Gasteiger partial charge in [0.25, 0.3) is 5.91 Å². The number of halogens is 3. The summed E-state index contributed by atoms with van der Waals surface area (Å²) in [5.41, 5.74) is 0.998. The normalized spacial score (nSPS) is 17.1. The number of nitrogens with one attached hydrogen (secondary N) is 2. The van der Waals surface area contributed by atoms with Crippen LogP contribution in [0.5, 0.6) is 5.75 Å². The van der Waals surface area contributed by atoms with Crippen molar-refractivity contribution in [1.82, 2.24) is 15.1 Å². The Morgan fingerprint density at radius 1 is 1.24 bits per heavy atom. The van der Waals surface area contributed by atoms with Crippen LogP contribution >= 0.6 is 0 Å². The Labute approximate surface area is 189 Å². The average molecular weight is 458 g/mol. The molecule has 6 nitrogen and oxygen atoms in total. The Bertz CT molecular complexity index is 1140. The van der Waals surface area contributed by atoms with Crippen LogP contribution in [0, 0.1) is 0 Å². The maximum absolute atomic E-state index is 13.0. The predicted octanol–water partition coefficient (Wildman–Crippen LogP) is 4.88. The molecule has 2 N–H and O–H groups in total. The molecule has 1 amide bonds. The van der Waals surface area contributed by atoms with Crippen LogP contribution in [-0.2, 0) is 13.2 Å². The van der Waals surface area contributed by atoms with Crippen molar-refractivity contribution in [2.24, 2.45) is 7.05 Å². The monoisotopic (exact) mass is 458 g/mol. The van der Waals surface area contributed by atoms with Gasteiger partial charge >= 0.3 is 6.18 Å². The SMILES string of the molecule is CC(Oc1ccc(NC(=O)c2cccc(C(F)(F)F)c2)cc1-c1ccnn1C)C1CCCN1. The molecule has 9 heteroatoms. The minimum atomic E-state index is -4.52. The molecule has 4 rings (SSSR count). The molecule has 0 aliphatic carbocycles. The highest BCUT2D eigenvalue weighted by molar-refractivity contribution is 6.04. The zero-order chi connectivity index (χ0) is 23.6. The lowest BCUT2D eigenvalue weighted by molar-refractivity contribution is -0.137. The molecule has 0 spiro atoms. The molecule has 2 atom stereocenters. The highest BCUT2D eigenvalue weighted by atomic mass is 19.4. The molecule has 2 aromatic carbocycles. The van der Waals surface area contributed by atoms with Gasteiger partial charge in [0.15, 0.2) is 0 Å². The molecule has 1 saturated heterocycles. The van der Waals surface area contributed by atoms with Gasteiger partial charge in [0.2, 0.25) is 0 Å². The average Bonchev–Trinajstić information content (AvgIpc) is 3.46. The summed E-state index contributed by atoms with van der Waals surface area (Å²) in [6.45, 7) is 2.98. The Morgan fingerprint density at radius 2 is 2.06 bits per heavy atom. The third-order valence-electron chi connectivity index (χ3n) is 5.76. The first-order chi connectivity index (χ1) is 15.7. The van der Waals surface area contributed by atoms with Gasteiger partial charge in [0, 0.05) is 36.1 Å². The molecule has 1 fully saturated rings. The van der Waals surface area contributed by atoms with Crippen LogP contribution in [0.2, 0.25) is 0 Å². The molecule has 1 aliphatic heterocycles. The van der Waals surface area contributed by atoms with E-state index in [-0.39, 0.29) is 17.7 Å². The van der Waals surface area contributed by atoms with E-state index in [1.165, 1.54) is 12.1 Å². The van der Waals surface area contributed by atoms with Crippen LogP contribution in [0.25, 0.3) is 11.3 Å². The van der Waals surface area contributed by atoms with Crippen molar-refractivity contribution in [1.29, 1.82) is 0 Å². The van der Waals surface area contributed by atoms with Crippen LogP contribution in [0.1, 0.15) is 35.7 Å². The molecule has 1 aromatic heterocycles. The number of anilines is 1. The van der Waals surface area contributed by atoms with Crippen molar-refractivity contribution < 1.29 is 22.7 Å². The van der Waals surface area contributed by atoms with Crippen molar-refractivity contribution in [2.75, 3.05) is 11.9 Å². The molecule has 0 bridgehead atoms. The number of hydrogen-bond donors (Lipinski definition) is 2. The molecule has 33 heavy (non-hydrogen) atoms. The van der Waals surface area contributed by atoms with Crippen molar-refractivity contribution in [2.45, 2.75) is 38.1 Å². The first-order valence-corrected chi connectivity index (χ1v) is 10.7. The van der Waals surface area contributed by atoms with E-state index in [1.807, 2.05) is 13.0 Å². The number of aromatic nitrogens is 2. The lowest BCUT2D eigenvalue weighted by Crippen LogP contribution is -2.36. The Hall–Kier alpha value is -3.33. The summed E-state index contributed by atoms with van der Waals surface area (Å²) >= 11 is 0. The van der Waals surface area contributed by atoms with Gasteiger partial charge in [-0.1, -0.05) is 6.07 Å². The van der Waals surface area contributed by atoms with E-state index in [2.05, 4.69) is 15.7 Å². The van der Waals surface area contributed by atoms with Crippen molar-refractivity contribution in [3.05, 3.63) is 65.9 Å². The second kappa shape index (κ2) is 9.27. The molecule has 0 saturated carbocycles. The van der Waals surface area contributed by atoms with Gasteiger partial charge in [-0.05, 0) is 68.8 Å². The minimum absolute atomic E-state index is 0.0648. The maximum atomic E-state index is 13.0. The number of carbonyl (C=O) groups is 1. The number of nitrogens with zero attached hydrogens (tertiary/aromatic N) is 2. The zero-order valence-corrected chi connectivity index (χ0v) is 18.3. The van der Waals surface area contributed by atoms with Crippen LogP contribution in [0.4, 0.5) is 18.9 Å². The van der Waals surface area contributed by atoms with Gasteiger partial charge in [-0.25, -0.2) is 0 Å². The van der Waals surface area contributed by atoms with Crippen LogP contribution in [0.3, 0.4) is 0 Å². The first kappa shape index (κ1) is 22.8. The third-order valence-corrected chi connectivity index (χ3v) is 5.76. The van der Waals surface area contributed by atoms with Gasteiger partial charge in [0.05, 0.1) is 11.3 Å². The molecule has 3 aromatic rings. The number of benzene rings is 2. The lowest BCUT2D eigenvalue weighted by atomic mass is 10.1. The van der Waals surface area contributed by atoms with E-state index in [0.717, 1.165) is 42.8 Å². The lowest BCUT2D eigenvalue weighted by Gasteiger charge is -2.23. The first-order valence-electron chi connectivity index (χ1n) is 10.7. The largest absolute Gasteiger partial charge is 0.488 e. The second-order valence-corrected chi connectivity index (χ2v) is 8.11. The number of aryl methyl sites for hydroxylation is 1. The quantitative estimate of drug-likeness (QED) is 0.553. The van der Waals surface area contributed by atoms with E-state index in [1.54, 1.807) is 36.1 Å². The van der Waals surface area contributed by atoms with E-state index in [9.17, 15) is 18.0 Å². The number of rotatable bonds is 6. The fraction of sp³-hybridized carbons (Fsp3) is 0.333. The topological polar surface area (TPSA) is 68.2 Å². The highest BCUT2D eigenvalue weighted by Crippen LogP contribution is 2.34. The molecule has 1 aliphatic rings. The van der Waals surface area contributed by atoms with Crippen LogP contribution in [-0.4, -0.2) is 34.4 Å². The van der Waals surface area contributed by atoms with Crippen molar-refractivity contribution in [3.63, 3.8) is 0 Å². The molecular formula is C24H25F3N4O2. The summed E-state index contributed by atoms with van der Waals surface area (Å²) in [4.78, 5) is 12.7. The van der Waals surface area contributed by atoms with Crippen LogP contribution < -0.4 is 15.4 Å². The van der Waals surface area contributed by atoms with Gasteiger partial charge in [-0.3, -0.25) is 9.48 Å². The molecule has 2 heterocycles. The number of alkyl halides is 3. The van der Waals surface area contributed by atoms with Gasteiger partial charge in [-0.15, -0.1) is 0 Å². The number of hydrogen-bond acceptors (Lipinski definition) is 4. The summed E-state index contributed by atoms with van der Waals surface area (Å²) in [5.74, 6) is 0.00566. The Kier molecular flexibility index (Phi) is 6.42. The molecule has 174 valence electrons. The van der Waals surface area contributed by atoms with Gasteiger partial charge in [-0.2, -0.15) is 18.3 Å². The summed E-state index contributed by atoms with van der Waals surface area (Å²) in [6, 6.07) is 11.6. The van der Waals surface area contributed by atoms with E-state index in [4.69, 9.17) is 4.74 Å². The molecular weight excluding hydrogens is 433 g/mol. The smallest absolute Gasteiger partial charge is 0.416 e. The predicted molar refractivity (Wildman–Crippen MR) is 119 cm³/mol. The second-order valence-electron chi connectivity index (χ2n) is 8.11.